The minimum Gasteiger partial charge on any atom is -0.351 e. The van der Waals surface area contributed by atoms with Crippen molar-refractivity contribution in [1.29, 1.82) is 0 Å². The minimum atomic E-state index is -4.56. The molecule has 2 heterocycles. The Morgan fingerprint density at radius 1 is 1.12 bits per heavy atom. The first-order valence-corrected chi connectivity index (χ1v) is 10.1. The fraction of sp³-hybridized carbons (Fsp3) is 0.208. The Labute approximate surface area is 183 Å². The molecule has 0 fully saturated rings. The number of benzene rings is 1. The molecule has 2 atom stereocenters. The molecular weight excluding hydrogens is 417 g/mol. The molecule has 0 saturated carbocycles. The predicted molar refractivity (Wildman–Crippen MR) is 115 cm³/mol. The number of amides is 1. The van der Waals surface area contributed by atoms with Gasteiger partial charge in [-0.15, -0.1) is 0 Å². The van der Waals surface area contributed by atoms with Gasteiger partial charge in [-0.1, -0.05) is 43.4 Å². The number of allylic oxidation sites excluding steroid dienone is 3. The molecule has 4 rings (SSSR count). The summed E-state index contributed by atoms with van der Waals surface area (Å²) in [5.41, 5.74) is 1.14. The molecule has 1 aliphatic carbocycles. The lowest BCUT2D eigenvalue weighted by molar-refractivity contribution is -0.141. The van der Waals surface area contributed by atoms with E-state index >= 15 is 0 Å². The van der Waals surface area contributed by atoms with Crippen LogP contribution in [0, 0.1) is 11.8 Å². The molecule has 32 heavy (non-hydrogen) atoms. The second-order valence-corrected chi connectivity index (χ2v) is 7.61. The van der Waals surface area contributed by atoms with Crippen molar-refractivity contribution >= 4 is 5.91 Å². The minimum absolute atomic E-state index is 0.0667. The van der Waals surface area contributed by atoms with Gasteiger partial charge in [-0.25, -0.2) is 4.68 Å². The van der Waals surface area contributed by atoms with Crippen molar-refractivity contribution < 1.29 is 18.0 Å². The highest BCUT2D eigenvalue weighted by molar-refractivity contribution is 5.81. The normalized spacial score (nSPS) is 18.0. The number of carbonyl (C=O) groups excluding carboxylic acids is 1. The molecule has 1 aromatic carbocycles. The Kier molecular flexibility index (Phi) is 5.94. The van der Waals surface area contributed by atoms with Crippen LogP contribution in [-0.2, 0) is 17.5 Å². The summed E-state index contributed by atoms with van der Waals surface area (Å²) in [6.07, 6.45) is 6.12. The number of halogens is 3. The lowest BCUT2D eigenvalue weighted by atomic mass is 9.89. The zero-order valence-corrected chi connectivity index (χ0v) is 17.3. The molecule has 8 heteroatoms. The van der Waals surface area contributed by atoms with Crippen molar-refractivity contribution in [2.24, 2.45) is 11.8 Å². The Balaban J connectivity index is 1.54. The molecule has 3 aromatic rings. The summed E-state index contributed by atoms with van der Waals surface area (Å²) < 4.78 is 41.1. The molecule has 0 aliphatic heterocycles. The zero-order chi connectivity index (χ0) is 22.7. The van der Waals surface area contributed by atoms with Crippen LogP contribution in [0.4, 0.5) is 13.2 Å². The van der Waals surface area contributed by atoms with Crippen molar-refractivity contribution in [2.45, 2.75) is 19.6 Å². The highest BCUT2D eigenvalue weighted by Gasteiger charge is 2.35. The van der Waals surface area contributed by atoms with Crippen molar-refractivity contribution in [1.82, 2.24) is 20.1 Å². The second-order valence-electron chi connectivity index (χ2n) is 7.61. The molecule has 1 amide bonds. The molecule has 0 saturated heterocycles. The predicted octanol–water partition coefficient (Wildman–Crippen LogP) is 4.95. The van der Waals surface area contributed by atoms with E-state index in [9.17, 15) is 18.0 Å². The number of nitrogens with one attached hydrogen (secondary N) is 1. The number of aromatic nitrogens is 3. The van der Waals surface area contributed by atoms with E-state index < -0.39 is 11.9 Å². The van der Waals surface area contributed by atoms with Gasteiger partial charge >= 0.3 is 6.18 Å². The van der Waals surface area contributed by atoms with Crippen LogP contribution in [0.5, 0.6) is 0 Å². The average molecular weight is 438 g/mol. The van der Waals surface area contributed by atoms with E-state index in [2.05, 4.69) is 15.4 Å². The van der Waals surface area contributed by atoms with E-state index in [0.717, 1.165) is 11.6 Å². The first-order chi connectivity index (χ1) is 15.3. The number of rotatable bonds is 5. The monoisotopic (exact) mass is 438 g/mol. The summed E-state index contributed by atoms with van der Waals surface area (Å²) in [5.74, 6) is -0.162. The van der Waals surface area contributed by atoms with Crippen LogP contribution in [0.25, 0.3) is 16.9 Å². The topological polar surface area (TPSA) is 59.8 Å². The van der Waals surface area contributed by atoms with Crippen molar-refractivity contribution in [3.8, 4) is 16.9 Å². The number of alkyl halides is 3. The molecule has 5 nitrogen and oxygen atoms in total. The standard InChI is InChI=1S/C24H21F3N4O/c1-16-5-2-3-7-20(16)23(32)29-14-17-8-10-19(11-9-17)31-21(18-6-4-12-28-15-18)13-22(30-31)24(25,26)27/h2-13,15-16,20H,14H2,1H3,(H,29,32). The third-order valence-corrected chi connectivity index (χ3v) is 5.32. The molecule has 0 radical (unpaired) electrons. The van der Waals surface area contributed by atoms with Crippen LogP contribution in [0.15, 0.2) is 79.2 Å². The Morgan fingerprint density at radius 3 is 2.53 bits per heavy atom. The molecule has 1 N–H and O–H groups in total. The van der Waals surface area contributed by atoms with Crippen LogP contribution in [0.2, 0.25) is 0 Å². The lowest BCUT2D eigenvalue weighted by Crippen LogP contribution is -2.32. The van der Waals surface area contributed by atoms with Gasteiger partial charge in [0.2, 0.25) is 5.91 Å². The van der Waals surface area contributed by atoms with Crippen molar-refractivity contribution in [2.75, 3.05) is 0 Å². The number of hydrogen-bond donors (Lipinski definition) is 1. The number of pyridine rings is 1. The first-order valence-electron chi connectivity index (χ1n) is 10.1. The molecule has 2 unspecified atom stereocenters. The summed E-state index contributed by atoms with van der Waals surface area (Å²) >= 11 is 0. The highest BCUT2D eigenvalue weighted by atomic mass is 19.4. The largest absolute Gasteiger partial charge is 0.435 e. The van der Waals surface area contributed by atoms with E-state index in [0.29, 0.717) is 17.8 Å². The van der Waals surface area contributed by atoms with Crippen LogP contribution in [0.1, 0.15) is 18.2 Å². The zero-order valence-electron chi connectivity index (χ0n) is 17.3. The van der Waals surface area contributed by atoms with Crippen molar-refractivity contribution in [3.05, 3.63) is 90.4 Å². The third-order valence-electron chi connectivity index (χ3n) is 5.32. The molecule has 1 aliphatic rings. The molecule has 164 valence electrons. The van der Waals surface area contributed by atoms with Gasteiger partial charge in [0.15, 0.2) is 5.69 Å². The van der Waals surface area contributed by atoms with Gasteiger partial charge in [-0.3, -0.25) is 9.78 Å². The van der Waals surface area contributed by atoms with Gasteiger partial charge < -0.3 is 5.32 Å². The molecule has 0 bridgehead atoms. The smallest absolute Gasteiger partial charge is 0.351 e. The van der Waals surface area contributed by atoms with Gasteiger partial charge in [-0.05, 0) is 41.8 Å². The first kappa shape index (κ1) is 21.5. The maximum atomic E-state index is 13.3. The quantitative estimate of drug-likeness (QED) is 0.613. The Bertz CT molecular complexity index is 1150. The Morgan fingerprint density at radius 2 is 1.88 bits per heavy atom. The molecule has 2 aromatic heterocycles. The third kappa shape index (κ3) is 4.64. The van der Waals surface area contributed by atoms with Crippen LogP contribution in [-0.4, -0.2) is 20.7 Å². The number of nitrogens with zero attached hydrogens (tertiary/aromatic N) is 3. The number of carbonyl (C=O) groups is 1. The maximum Gasteiger partial charge on any atom is 0.435 e. The van der Waals surface area contributed by atoms with E-state index in [1.165, 1.54) is 10.9 Å². The highest BCUT2D eigenvalue weighted by Crippen LogP contribution is 2.33. The average Bonchev–Trinajstić information content (AvgIpc) is 3.25. The van der Waals surface area contributed by atoms with Gasteiger partial charge in [0, 0.05) is 24.5 Å². The van der Waals surface area contributed by atoms with Gasteiger partial charge in [-0.2, -0.15) is 18.3 Å². The summed E-state index contributed by atoms with van der Waals surface area (Å²) in [5, 5.41) is 6.70. The SMILES string of the molecule is CC1C=CC=CC1C(=O)NCc1ccc(-n2nc(C(F)(F)F)cc2-c2cccnc2)cc1. The maximum absolute atomic E-state index is 13.3. The van der Waals surface area contributed by atoms with Crippen molar-refractivity contribution in [3.63, 3.8) is 0 Å². The summed E-state index contributed by atoms with van der Waals surface area (Å²) in [6.45, 7) is 2.31. The summed E-state index contributed by atoms with van der Waals surface area (Å²) in [4.78, 5) is 16.4. The van der Waals surface area contributed by atoms with Gasteiger partial charge in [0.1, 0.15) is 0 Å². The summed E-state index contributed by atoms with van der Waals surface area (Å²) in [6, 6.07) is 11.2. The Hall–Kier alpha value is -3.68. The van der Waals surface area contributed by atoms with Gasteiger partial charge in [0.25, 0.3) is 0 Å². The van der Waals surface area contributed by atoms with Crippen LogP contribution < -0.4 is 5.32 Å². The fourth-order valence-electron chi connectivity index (χ4n) is 3.54. The fourth-order valence-corrected chi connectivity index (χ4v) is 3.54. The lowest BCUT2D eigenvalue weighted by Gasteiger charge is -2.19. The van der Waals surface area contributed by atoms with Gasteiger partial charge in [0.05, 0.1) is 17.3 Å². The van der Waals surface area contributed by atoms with Crippen LogP contribution >= 0.6 is 0 Å². The van der Waals surface area contributed by atoms with E-state index in [1.807, 2.05) is 31.2 Å². The molecule has 0 spiro atoms. The van der Waals surface area contributed by atoms with E-state index in [-0.39, 0.29) is 23.4 Å². The second kappa shape index (κ2) is 8.82. The van der Waals surface area contributed by atoms with E-state index in [1.54, 1.807) is 42.6 Å². The molecular formula is C24H21F3N4O. The number of hydrogen-bond acceptors (Lipinski definition) is 3. The van der Waals surface area contributed by atoms with Crippen LogP contribution in [0.3, 0.4) is 0 Å². The van der Waals surface area contributed by atoms with E-state index in [4.69, 9.17) is 0 Å². The summed E-state index contributed by atoms with van der Waals surface area (Å²) in [7, 11) is 0.